The Labute approximate surface area is 256 Å². The van der Waals surface area contributed by atoms with E-state index in [0.717, 1.165) is 73.9 Å². The van der Waals surface area contributed by atoms with Gasteiger partial charge in [0.2, 0.25) is 10.0 Å². The van der Waals surface area contributed by atoms with E-state index in [1.165, 1.54) is 10.1 Å². The maximum atomic E-state index is 13.0. The number of fused-ring (bicyclic) bond motifs is 1. The quantitative estimate of drug-likeness (QED) is 0.110. The molecular formula is C31H39N9O3S. The van der Waals surface area contributed by atoms with Crippen LogP contribution in [0.1, 0.15) is 50.1 Å². The summed E-state index contributed by atoms with van der Waals surface area (Å²) >= 11 is 0. The van der Waals surface area contributed by atoms with Gasteiger partial charge in [-0.25, -0.2) is 17.9 Å². The second-order valence-corrected chi connectivity index (χ2v) is 13.3. The van der Waals surface area contributed by atoms with E-state index in [4.69, 9.17) is 11.1 Å². The summed E-state index contributed by atoms with van der Waals surface area (Å²) in [7, 11) is -3.61. The number of aromatic nitrogens is 3. The van der Waals surface area contributed by atoms with Crippen LogP contribution in [-0.4, -0.2) is 60.6 Å². The van der Waals surface area contributed by atoms with Gasteiger partial charge in [-0.15, -0.1) is 0 Å². The van der Waals surface area contributed by atoms with Crippen LogP contribution in [0.2, 0.25) is 0 Å². The first-order valence-corrected chi connectivity index (χ1v) is 16.6. The molecule has 232 valence electrons. The monoisotopic (exact) mass is 617 g/mol. The van der Waals surface area contributed by atoms with E-state index in [9.17, 15) is 13.2 Å². The Morgan fingerprint density at radius 1 is 1.05 bits per heavy atom. The number of aromatic amines is 1. The molecule has 2 fully saturated rings. The number of benzene rings is 2. The number of sulfonamides is 1. The average molecular weight is 618 g/mol. The molecule has 44 heavy (non-hydrogen) atoms. The number of piperidine rings is 2. The number of rotatable bonds is 9. The van der Waals surface area contributed by atoms with E-state index in [0.29, 0.717) is 18.2 Å². The number of guanidine groups is 1. The second-order valence-electron chi connectivity index (χ2n) is 11.6. The lowest BCUT2D eigenvalue weighted by atomic mass is 9.92. The second kappa shape index (κ2) is 12.9. The van der Waals surface area contributed by atoms with E-state index >= 15 is 0 Å². The minimum Gasteiger partial charge on any atom is -0.370 e. The Morgan fingerprint density at radius 2 is 1.80 bits per heavy atom. The van der Waals surface area contributed by atoms with E-state index in [2.05, 4.69) is 42.8 Å². The summed E-state index contributed by atoms with van der Waals surface area (Å²) < 4.78 is 30.1. The van der Waals surface area contributed by atoms with Gasteiger partial charge in [-0.2, -0.15) is 4.98 Å². The molecule has 2 aliphatic heterocycles. The van der Waals surface area contributed by atoms with Crippen LogP contribution in [0.4, 0.5) is 0 Å². The average Bonchev–Trinajstić information content (AvgIpc) is 3.44. The smallest absolute Gasteiger partial charge is 0.354 e. The maximum Gasteiger partial charge on any atom is 0.354 e. The van der Waals surface area contributed by atoms with Gasteiger partial charge in [-0.05, 0) is 86.7 Å². The Bertz CT molecular complexity index is 1780. The molecule has 2 aromatic carbocycles. The van der Waals surface area contributed by atoms with Crippen molar-refractivity contribution in [3.8, 4) is 16.9 Å². The van der Waals surface area contributed by atoms with Crippen molar-refractivity contribution in [3.05, 3.63) is 76.8 Å². The number of nitrogens with two attached hydrogens (primary N) is 1. The van der Waals surface area contributed by atoms with Gasteiger partial charge in [-0.3, -0.25) is 9.98 Å². The van der Waals surface area contributed by atoms with Crippen molar-refractivity contribution >= 4 is 27.0 Å². The molecule has 4 aromatic rings. The van der Waals surface area contributed by atoms with E-state index < -0.39 is 15.7 Å². The summed E-state index contributed by atoms with van der Waals surface area (Å²) in [5.41, 5.74) is 8.91. The molecule has 0 unspecified atom stereocenters. The van der Waals surface area contributed by atoms with Crippen LogP contribution in [0, 0.1) is 5.41 Å². The van der Waals surface area contributed by atoms with Gasteiger partial charge in [0, 0.05) is 41.9 Å². The number of H-pyrrole nitrogens is 1. The highest BCUT2D eigenvalue weighted by Gasteiger charge is 2.23. The molecular weight excluding hydrogens is 578 g/mol. The highest BCUT2D eigenvalue weighted by molar-refractivity contribution is 7.89. The zero-order valence-corrected chi connectivity index (χ0v) is 25.3. The first-order valence-electron chi connectivity index (χ1n) is 15.2. The lowest BCUT2D eigenvalue weighted by molar-refractivity contribution is 0.312. The molecule has 2 aliphatic rings. The summed E-state index contributed by atoms with van der Waals surface area (Å²) in [6, 6.07) is 17.2. The fraction of sp³-hybridized carbons (Fsp3) is 0.387. The minimum atomic E-state index is -3.61. The minimum absolute atomic E-state index is 0.00516. The molecule has 12 nitrogen and oxygen atoms in total. The number of hydrogen-bond donors (Lipinski definition) is 7. The maximum absolute atomic E-state index is 13.0. The SMILES string of the molecule is N=C(N)NCC[C@@H]1CCC[C@@H](c2ccc(-n3cc4cc(-c5ccc(S(=O)(=O)NC6CCNCC6)cc5)[nH]c4nc3=O)cc2)N1. The van der Waals surface area contributed by atoms with Gasteiger partial charge in [0.1, 0.15) is 5.65 Å². The lowest BCUT2D eigenvalue weighted by Gasteiger charge is -2.31. The van der Waals surface area contributed by atoms with Gasteiger partial charge in [0.05, 0.1) is 10.6 Å². The predicted octanol–water partition coefficient (Wildman–Crippen LogP) is 2.47. The van der Waals surface area contributed by atoms with Crippen LogP contribution >= 0.6 is 0 Å². The lowest BCUT2D eigenvalue weighted by Crippen LogP contribution is -2.42. The zero-order valence-electron chi connectivity index (χ0n) is 24.5. The molecule has 0 amide bonds. The molecule has 0 saturated carbocycles. The van der Waals surface area contributed by atoms with Crippen molar-refractivity contribution in [1.29, 1.82) is 5.41 Å². The summed E-state index contributed by atoms with van der Waals surface area (Å²) in [5.74, 6) is -0.00516. The fourth-order valence-electron chi connectivity index (χ4n) is 6.13. The van der Waals surface area contributed by atoms with Gasteiger partial charge in [0.15, 0.2) is 5.96 Å². The third-order valence-electron chi connectivity index (χ3n) is 8.51. The molecule has 0 spiro atoms. The van der Waals surface area contributed by atoms with E-state index in [1.54, 1.807) is 30.5 Å². The van der Waals surface area contributed by atoms with E-state index in [-0.39, 0.29) is 22.9 Å². The van der Waals surface area contributed by atoms with Gasteiger partial charge in [0.25, 0.3) is 0 Å². The summed E-state index contributed by atoms with van der Waals surface area (Å²) in [5, 5.41) is 17.9. The molecule has 8 N–H and O–H groups in total. The summed E-state index contributed by atoms with van der Waals surface area (Å²) in [4.78, 5) is 20.7. The highest BCUT2D eigenvalue weighted by atomic mass is 32.2. The molecule has 2 aromatic heterocycles. The third kappa shape index (κ3) is 6.86. The summed E-state index contributed by atoms with van der Waals surface area (Å²) in [6.07, 6.45) is 7.46. The molecule has 2 atom stereocenters. The molecule has 0 radical (unpaired) electrons. The van der Waals surface area contributed by atoms with Gasteiger partial charge < -0.3 is 26.7 Å². The van der Waals surface area contributed by atoms with Crippen molar-refractivity contribution in [2.24, 2.45) is 5.73 Å². The number of hydrogen-bond acceptors (Lipinski definition) is 7. The molecule has 4 heterocycles. The molecule has 13 heteroatoms. The van der Waals surface area contributed by atoms with Crippen molar-refractivity contribution < 1.29 is 8.42 Å². The molecule has 6 rings (SSSR count). The van der Waals surface area contributed by atoms with Crippen LogP contribution in [0.25, 0.3) is 28.0 Å². The standard InChI is InChI=1S/C31H39N9O3S/c32-30(33)35-17-14-23-2-1-3-27(36-23)20-4-8-25(9-5-20)40-19-22-18-28(37-29(22)38-31(40)41)21-6-10-26(11-7-21)44(42,43)39-24-12-15-34-16-13-24/h4-11,18-19,23-24,27,34,36,39H,1-3,12-17H2,(H4,32,33,35)(H,37,38,41)/t23-,27-/m0/s1. The highest BCUT2D eigenvalue weighted by Crippen LogP contribution is 2.28. The van der Waals surface area contributed by atoms with Crippen LogP contribution in [0.3, 0.4) is 0 Å². The first-order chi connectivity index (χ1) is 21.2. The van der Waals surface area contributed by atoms with Crippen molar-refractivity contribution in [2.75, 3.05) is 19.6 Å². The normalized spacial score (nSPS) is 19.6. The largest absolute Gasteiger partial charge is 0.370 e. The van der Waals surface area contributed by atoms with Crippen LogP contribution < -0.4 is 32.1 Å². The first kappa shape index (κ1) is 30.0. The molecule has 0 aliphatic carbocycles. The Balaban J connectivity index is 1.15. The van der Waals surface area contributed by atoms with Crippen molar-refractivity contribution in [2.45, 2.75) is 61.5 Å². The third-order valence-corrected chi connectivity index (χ3v) is 10.0. The molecule has 2 saturated heterocycles. The summed E-state index contributed by atoms with van der Waals surface area (Å²) in [6.45, 7) is 2.28. The van der Waals surface area contributed by atoms with E-state index in [1.807, 2.05) is 18.2 Å². The zero-order chi connectivity index (χ0) is 30.7. The molecule has 0 bridgehead atoms. The van der Waals surface area contributed by atoms with Gasteiger partial charge >= 0.3 is 5.69 Å². The van der Waals surface area contributed by atoms with Crippen molar-refractivity contribution in [3.63, 3.8) is 0 Å². The predicted molar refractivity (Wildman–Crippen MR) is 171 cm³/mol. The van der Waals surface area contributed by atoms with Crippen LogP contribution in [-0.2, 0) is 10.0 Å². The Morgan fingerprint density at radius 3 is 2.52 bits per heavy atom. The van der Waals surface area contributed by atoms with Crippen molar-refractivity contribution in [1.82, 2.24) is 35.2 Å². The van der Waals surface area contributed by atoms with Crippen LogP contribution in [0.5, 0.6) is 0 Å². The van der Waals surface area contributed by atoms with Gasteiger partial charge in [-0.1, -0.05) is 30.7 Å². The Kier molecular flexibility index (Phi) is 8.80. The number of nitrogens with zero attached hydrogens (tertiary/aromatic N) is 2. The fourth-order valence-corrected chi connectivity index (χ4v) is 7.44. The van der Waals surface area contributed by atoms with Crippen LogP contribution in [0.15, 0.2) is 70.5 Å². The Hall–Kier alpha value is -4.04. The topological polar surface area (TPSA) is 183 Å². The number of nitrogens with one attached hydrogen (secondary N) is 6.